The first-order chi connectivity index (χ1) is 10.5. The summed E-state index contributed by atoms with van der Waals surface area (Å²) in [6.45, 7) is 6.20. The summed E-state index contributed by atoms with van der Waals surface area (Å²) in [7, 11) is 0. The second-order valence-electron chi connectivity index (χ2n) is 6.75. The molecule has 4 N–H and O–H groups in total. The number of aromatic nitrogens is 2. The van der Waals surface area contributed by atoms with Crippen LogP contribution in [0.1, 0.15) is 38.7 Å². The molecule has 0 saturated carbocycles. The second kappa shape index (κ2) is 5.94. The van der Waals surface area contributed by atoms with E-state index in [4.69, 9.17) is 5.73 Å². The highest BCUT2D eigenvalue weighted by atomic mass is 15.5. The number of nitrogens with zero attached hydrogens (tertiary/aromatic N) is 3. The molecule has 2 aliphatic heterocycles. The molecule has 6 heteroatoms. The Hall–Kier alpha value is -1.52. The van der Waals surface area contributed by atoms with Gasteiger partial charge < -0.3 is 5.73 Å². The Labute approximate surface area is 131 Å². The summed E-state index contributed by atoms with van der Waals surface area (Å²) in [6, 6.07) is 0.382. The zero-order valence-electron chi connectivity index (χ0n) is 13.3. The molecule has 0 radical (unpaired) electrons. The van der Waals surface area contributed by atoms with Gasteiger partial charge in [-0.25, -0.2) is 15.4 Å². The SMILES string of the molecule is CC1CC(C#Cc2cncnc2)(N2CCC(C)(N)CC2)NN1. The van der Waals surface area contributed by atoms with E-state index in [0.717, 1.165) is 37.9 Å². The first-order valence-corrected chi connectivity index (χ1v) is 7.84. The van der Waals surface area contributed by atoms with Crippen molar-refractivity contribution in [2.45, 2.75) is 50.4 Å². The topological polar surface area (TPSA) is 79.1 Å². The largest absolute Gasteiger partial charge is 0.325 e. The van der Waals surface area contributed by atoms with Gasteiger partial charge in [0.05, 0.1) is 5.56 Å². The maximum Gasteiger partial charge on any atom is 0.149 e. The van der Waals surface area contributed by atoms with Crippen molar-refractivity contribution in [3.8, 4) is 11.8 Å². The molecule has 0 bridgehead atoms. The third-order valence-corrected chi connectivity index (χ3v) is 4.55. The molecular formula is C16H24N6. The number of hydrogen-bond donors (Lipinski definition) is 3. The maximum atomic E-state index is 6.26. The van der Waals surface area contributed by atoms with Crippen molar-refractivity contribution in [1.82, 2.24) is 25.7 Å². The van der Waals surface area contributed by atoms with Crippen molar-refractivity contribution in [2.75, 3.05) is 13.1 Å². The summed E-state index contributed by atoms with van der Waals surface area (Å²) in [5, 5.41) is 0. The fourth-order valence-corrected chi connectivity index (χ4v) is 3.10. The van der Waals surface area contributed by atoms with Gasteiger partial charge in [0.15, 0.2) is 0 Å². The Morgan fingerprint density at radius 1 is 1.32 bits per heavy atom. The highest BCUT2D eigenvalue weighted by molar-refractivity contribution is 5.34. The lowest BCUT2D eigenvalue weighted by molar-refractivity contribution is 0.0688. The van der Waals surface area contributed by atoms with Gasteiger partial charge in [-0.3, -0.25) is 10.3 Å². The Balaban J connectivity index is 1.82. The van der Waals surface area contributed by atoms with Crippen molar-refractivity contribution >= 4 is 0 Å². The number of hydrogen-bond acceptors (Lipinski definition) is 6. The van der Waals surface area contributed by atoms with E-state index < -0.39 is 0 Å². The lowest BCUT2D eigenvalue weighted by Crippen LogP contribution is -2.61. The molecule has 1 aromatic rings. The molecule has 1 aromatic heterocycles. The summed E-state index contributed by atoms with van der Waals surface area (Å²) in [6.07, 6.45) is 7.92. The molecule has 0 spiro atoms. The van der Waals surface area contributed by atoms with Gasteiger partial charge in [0.1, 0.15) is 12.0 Å². The normalized spacial score (nSPS) is 31.5. The van der Waals surface area contributed by atoms with E-state index in [1.54, 1.807) is 12.4 Å². The summed E-state index contributed by atoms with van der Waals surface area (Å²) in [5.41, 5.74) is 13.4. The zero-order chi connectivity index (χ0) is 15.6. The van der Waals surface area contributed by atoms with Crippen LogP contribution in [0.4, 0.5) is 0 Å². The number of hydrazine groups is 1. The summed E-state index contributed by atoms with van der Waals surface area (Å²) in [5.74, 6) is 6.64. The standard InChI is InChI=1S/C16H24N6/c1-13-9-16(21-20-13,4-3-14-10-18-12-19-11-14)22-7-5-15(2,17)6-8-22/h10-13,20-21H,5-9,17H2,1-2H3. The van der Waals surface area contributed by atoms with Crippen molar-refractivity contribution in [3.05, 3.63) is 24.3 Å². The van der Waals surface area contributed by atoms with Crippen molar-refractivity contribution in [1.29, 1.82) is 0 Å². The summed E-state index contributed by atoms with van der Waals surface area (Å²) in [4.78, 5) is 10.5. The van der Waals surface area contributed by atoms with Gasteiger partial charge in [0.25, 0.3) is 0 Å². The van der Waals surface area contributed by atoms with Gasteiger partial charge in [-0.05, 0) is 26.7 Å². The van der Waals surface area contributed by atoms with Crippen molar-refractivity contribution < 1.29 is 0 Å². The minimum absolute atomic E-state index is 0.0595. The third-order valence-electron chi connectivity index (χ3n) is 4.55. The maximum absolute atomic E-state index is 6.26. The first-order valence-electron chi connectivity index (χ1n) is 7.84. The van der Waals surface area contributed by atoms with Gasteiger partial charge in [0.2, 0.25) is 0 Å². The predicted molar refractivity (Wildman–Crippen MR) is 85.4 cm³/mol. The molecule has 2 aliphatic rings. The smallest absolute Gasteiger partial charge is 0.149 e. The van der Waals surface area contributed by atoms with Crippen LogP contribution in [0.2, 0.25) is 0 Å². The monoisotopic (exact) mass is 300 g/mol. The molecule has 0 aliphatic carbocycles. The molecule has 0 amide bonds. The molecule has 0 aromatic carbocycles. The molecule has 22 heavy (non-hydrogen) atoms. The molecule has 118 valence electrons. The number of nitrogens with one attached hydrogen (secondary N) is 2. The highest BCUT2D eigenvalue weighted by Gasteiger charge is 2.43. The summed E-state index contributed by atoms with van der Waals surface area (Å²) < 4.78 is 0. The molecular weight excluding hydrogens is 276 g/mol. The second-order valence-corrected chi connectivity index (χ2v) is 6.75. The quantitative estimate of drug-likeness (QED) is 0.644. The van der Waals surface area contributed by atoms with Crippen LogP contribution >= 0.6 is 0 Å². The fraction of sp³-hybridized carbons (Fsp3) is 0.625. The Morgan fingerprint density at radius 3 is 2.59 bits per heavy atom. The van der Waals surface area contributed by atoms with Crippen molar-refractivity contribution in [3.63, 3.8) is 0 Å². The fourth-order valence-electron chi connectivity index (χ4n) is 3.10. The Kier molecular flexibility index (Phi) is 4.15. The van der Waals surface area contributed by atoms with Gasteiger partial charge >= 0.3 is 0 Å². The van der Waals surface area contributed by atoms with Crippen LogP contribution in [0, 0.1) is 11.8 Å². The van der Waals surface area contributed by atoms with E-state index >= 15 is 0 Å². The van der Waals surface area contributed by atoms with Crippen molar-refractivity contribution in [2.24, 2.45) is 5.73 Å². The molecule has 6 nitrogen and oxygen atoms in total. The van der Waals surface area contributed by atoms with Crippen LogP contribution in [0.3, 0.4) is 0 Å². The van der Waals surface area contributed by atoms with E-state index in [1.165, 1.54) is 6.33 Å². The van der Waals surface area contributed by atoms with E-state index in [2.05, 4.69) is 51.4 Å². The van der Waals surface area contributed by atoms with Crippen LogP contribution in [-0.2, 0) is 0 Å². The molecule has 3 heterocycles. The van der Waals surface area contributed by atoms with E-state index in [0.29, 0.717) is 6.04 Å². The van der Waals surface area contributed by atoms with Crippen LogP contribution in [0.5, 0.6) is 0 Å². The lowest BCUT2D eigenvalue weighted by Gasteiger charge is -2.44. The van der Waals surface area contributed by atoms with E-state index in [-0.39, 0.29) is 11.2 Å². The number of nitrogens with two attached hydrogens (primary N) is 1. The Morgan fingerprint density at radius 2 is 2.00 bits per heavy atom. The van der Waals surface area contributed by atoms with Gasteiger partial charge in [-0.2, -0.15) is 0 Å². The van der Waals surface area contributed by atoms with Crippen LogP contribution in [0.15, 0.2) is 18.7 Å². The molecule has 2 atom stereocenters. The van der Waals surface area contributed by atoms with E-state index in [9.17, 15) is 0 Å². The number of likely N-dealkylation sites (tertiary alicyclic amines) is 1. The Bertz CT molecular complexity index is 565. The highest BCUT2D eigenvalue weighted by Crippen LogP contribution is 2.28. The van der Waals surface area contributed by atoms with Crippen LogP contribution in [-0.4, -0.2) is 45.2 Å². The molecule has 3 rings (SSSR count). The number of piperidine rings is 1. The minimum Gasteiger partial charge on any atom is -0.325 e. The molecule has 2 saturated heterocycles. The van der Waals surface area contributed by atoms with Crippen LogP contribution < -0.4 is 16.6 Å². The van der Waals surface area contributed by atoms with Gasteiger partial charge in [-0.15, -0.1) is 0 Å². The van der Waals surface area contributed by atoms with Gasteiger partial charge in [-0.1, -0.05) is 11.8 Å². The third kappa shape index (κ3) is 3.28. The number of rotatable bonds is 1. The van der Waals surface area contributed by atoms with Crippen LogP contribution in [0.25, 0.3) is 0 Å². The predicted octanol–water partition coefficient (Wildman–Crippen LogP) is 0.224. The van der Waals surface area contributed by atoms with Gasteiger partial charge in [0, 0.05) is 43.5 Å². The first kappa shape index (κ1) is 15.4. The zero-order valence-corrected chi connectivity index (χ0v) is 13.3. The lowest BCUT2D eigenvalue weighted by atomic mass is 9.88. The van der Waals surface area contributed by atoms with E-state index in [1.807, 2.05) is 0 Å². The average molecular weight is 300 g/mol. The average Bonchev–Trinajstić information content (AvgIpc) is 2.89. The molecule has 2 unspecified atom stereocenters. The minimum atomic E-state index is -0.342. The summed E-state index contributed by atoms with van der Waals surface area (Å²) >= 11 is 0. The molecule has 2 fully saturated rings.